The van der Waals surface area contributed by atoms with Crippen LogP contribution in [-0.2, 0) is 17.3 Å². The van der Waals surface area contributed by atoms with Gasteiger partial charge in [-0.25, -0.2) is 4.98 Å². The van der Waals surface area contributed by atoms with E-state index >= 15 is 0 Å². The summed E-state index contributed by atoms with van der Waals surface area (Å²) in [6.45, 7) is 6.85. The number of anilines is 2. The predicted octanol–water partition coefficient (Wildman–Crippen LogP) is 7.15. The number of ether oxygens (including phenoxy) is 2. The van der Waals surface area contributed by atoms with Gasteiger partial charge in [-0.1, -0.05) is 38.1 Å². The Kier molecular flexibility index (Phi) is 10.7. The highest BCUT2D eigenvalue weighted by molar-refractivity contribution is 8.05. The molecular formula is C30H35F3N6O2S. The van der Waals surface area contributed by atoms with Gasteiger partial charge in [-0.15, -0.1) is 0 Å². The Morgan fingerprint density at radius 3 is 2.48 bits per heavy atom. The first-order valence-electron chi connectivity index (χ1n) is 13.7. The van der Waals surface area contributed by atoms with Gasteiger partial charge in [0.1, 0.15) is 11.3 Å². The molecule has 0 bridgehead atoms. The topological polar surface area (TPSA) is 95.4 Å². The molecule has 0 saturated carbocycles. The van der Waals surface area contributed by atoms with E-state index in [1.165, 1.54) is 0 Å². The maximum atomic E-state index is 14.8. The molecule has 3 aromatic rings. The normalized spacial score (nSPS) is 14.2. The molecule has 1 aliphatic heterocycles. The molecule has 12 heteroatoms. The lowest BCUT2D eigenvalue weighted by Gasteiger charge is -2.28. The molecule has 1 fully saturated rings. The molecule has 1 saturated heterocycles. The van der Waals surface area contributed by atoms with Gasteiger partial charge in [-0.05, 0) is 60.5 Å². The first-order chi connectivity index (χ1) is 20.2. The smallest absolute Gasteiger partial charge is 0.423 e. The van der Waals surface area contributed by atoms with Crippen molar-refractivity contribution >= 4 is 29.8 Å². The van der Waals surface area contributed by atoms with Crippen molar-refractivity contribution in [2.45, 2.75) is 32.9 Å². The second-order valence-corrected chi connectivity index (χ2v) is 10.9. The fourth-order valence-electron chi connectivity index (χ4n) is 4.43. The number of halogens is 3. The van der Waals surface area contributed by atoms with Gasteiger partial charge in [0.25, 0.3) is 0 Å². The van der Waals surface area contributed by atoms with Crippen LogP contribution in [0, 0.1) is 11.3 Å². The van der Waals surface area contributed by atoms with Crippen LogP contribution in [0.1, 0.15) is 31.4 Å². The van der Waals surface area contributed by atoms with Crippen LogP contribution in [0.2, 0.25) is 0 Å². The summed E-state index contributed by atoms with van der Waals surface area (Å²) in [4.78, 5) is 11.1. The average Bonchev–Trinajstić information content (AvgIpc) is 2.98. The number of aromatic nitrogens is 2. The van der Waals surface area contributed by atoms with Crippen molar-refractivity contribution in [3.63, 3.8) is 0 Å². The summed E-state index contributed by atoms with van der Waals surface area (Å²) >= 11 is 0.996. The minimum Gasteiger partial charge on any atom is -0.438 e. The molecule has 8 nitrogen and oxygen atoms in total. The molecule has 0 amide bonds. The Hall–Kier alpha value is -3.77. The molecule has 2 aromatic carbocycles. The summed E-state index contributed by atoms with van der Waals surface area (Å²) in [6, 6.07) is 13.9. The number of aryl methyl sites for hydroxylation is 1. The second-order valence-electron chi connectivity index (χ2n) is 10.0. The number of allylic oxidation sites excluding steroid dienone is 1. The van der Waals surface area contributed by atoms with Gasteiger partial charge in [-0.2, -0.15) is 18.2 Å². The lowest BCUT2D eigenvalue weighted by atomic mass is 9.95. The molecule has 0 atom stereocenters. The number of benzene rings is 2. The number of hydrogen-bond donors (Lipinski definition) is 3. The van der Waals surface area contributed by atoms with Gasteiger partial charge in [0.2, 0.25) is 11.8 Å². The number of morpholine rings is 1. The van der Waals surface area contributed by atoms with Crippen molar-refractivity contribution in [2.24, 2.45) is 5.92 Å². The van der Waals surface area contributed by atoms with E-state index in [1.807, 2.05) is 24.3 Å². The van der Waals surface area contributed by atoms with E-state index in [1.54, 1.807) is 37.5 Å². The molecule has 2 heterocycles. The largest absolute Gasteiger partial charge is 0.438 e. The zero-order chi connectivity index (χ0) is 30.1. The highest BCUT2D eigenvalue weighted by Crippen LogP contribution is 2.44. The van der Waals surface area contributed by atoms with Crippen LogP contribution < -0.4 is 19.7 Å². The highest BCUT2D eigenvalue weighted by atomic mass is 32.2. The van der Waals surface area contributed by atoms with Crippen molar-refractivity contribution in [3.05, 3.63) is 70.8 Å². The second kappa shape index (κ2) is 14.4. The molecule has 0 unspecified atom stereocenters. The molecule has 4 rings (SSSR count). The van der Waals surface area contributed by atoms with Gasteiger partial charge >= 0.3 is 6.18 Å². The summed E-state index contributed by atoms with van der Waals surface area (Å²) in [7, 11) is 1.68. The first kappa shape index (κ1) is 31.2. The van der Waals surface area contributed by atoms with Crippen LogP contribution in [0.5, 0.6) is 11.6 Å². The van der Waals surface area contributed by atoms with Crippen molar-refractivity contribution in [1.82, 2.24) is 15.3 Å². The zero-order valence-corrected chi connectivity index (χ0v) is 24.6. The van der Waals surface area contributed by atoms with E-state index in [0.29, 0.717) is 36.0 Å². The molecule has 224 valence electrons. The number of rotatable bonds is 12. The summed E-state index contributed by atoms with van der Waals surface area (Å²) in [5.74, 6) is -0.103. The monoisotopic (exact) mass is 600 g/mol. The van der Waals surface area contributed by atoms with E-state index in [4.69, 9.17) is 14.9 Å². The highest BCUT2D eigenvalue weighted by Gasteiger charge is 2.41. The van der Waals surface area contributed by atoms with Gasteiger partial charge in [0.05, 0.1) is 23.8 Å². The van der Waals surface area contributed by atoms with Crippen molar-refractivity contribution in [2.75, 3.05) is 43.0 Å². The van der Waals surface area contributed by atoms with Crippen LogP contribution in [0.25, 0.3) is 11.3 Å². The van der Waals surface area contributed by atoms with Gasteiger partial charge < -0.3 is 25.1 Å². The van der Waals surface area contributed by atoms with Crippen molar-refractivity contribution in [1.29, 1.82) is 5.41 Å². The molecular weight excluding hydrogens is 565 g/mol. The van der Waals surface area contributed by atoms with E-state index < -0.39 is 17.6 Å². The Balaban J connectivity index is 1.79. The summed E-state index contributed by atoms with van der Waals surface area (Å²) < 4.78 is 58.6. The van der Waals surface area contributed by atoms with Crippen LogP contribution in [-0.4, -0.2) is 49.5 Å². The Bertz CT molecular complexity index is 1380. The number of alkyl halides is 3. The number of nitrogens with one attached hydrogen (secondary N) is 3. The average molecular weight is 601 g/mol. The zero-order valence-electron chi connectivity index (χ0n) is 23.8. The number of hydrogen-bond acceptors (Lipinski definition) is 9. The third kappa shape index (κ3) is 8.16. The fraction of sp³-hybridized carbons (Fsp3) is 0.367. The Morgan fingerprint density at radius 1 is 1.12 bits per heavy atom. The van der Waals surface area contributed by atoms with E-state index in [0.717, 1.165) is 48.9 Å². The summed E-state index contributed by atoms with van der Waals surface area (Å²) in [6.07, 6.45) is -0.727. The molecule has 42 heavy (non-hydrogen) atoms. The lowest BCUT2D eigenvalue weighted by Crippen LogP contribution is -2.36. The van der Waals surface area contributed by atoms with Crippen LogP contribution in [0.3, 0.4) is 0 Å². The first-order valence-corrected chi connectivity index (χ1v) is 14.5. The van der Waals surface area contributed by atoms with Crippen LogP contribution in [0.15, 0.2) is 59.6 Å². The van der Waals surface area contributed by atoms with Gasteiger partial charge in [-0.3, -0.25) is 4.72 Å². The minimum atomic E-state index is -4.80. The van der Waals surface area contributed by atoms with E-state index in [2.05, 4.69) is 38.8 Å². The van der Waals surface area contributed by atoms with Crippen molar-refractivity contribution in [3.8, 4) is 22.9 Å². The fourth-order valence-corrected chi connectivity index (χ4v) is 4.97. The molecule has 1 aliphatic rings. The molecule has 1 aromatic heterocycles. The third-order valence-electron chi connectivity index (χ3n) is 6.54. The molecule has 0 aliphatic carbocycles. The predicted molar refractivity (Wildman–Crippen MR) is 162 cm³/mol. The third-order valence-corrected chi connectivity index (χ3v) is 7.30. The SMILES string of the molecule is CN/C=C(\C=N)SNc1nc(Oc2ccc(N3CCOCC3)cc2)c(C(F)(F)F)c(-c2ccccc2CCC(C)C)n1. The standard InChI is InChI=1S/C30H35F3N6O2S/c1-20(2)8-9-21-6-4-5-7-25(21)27-26(30(31,32)33)28(37-29(36-27)38-42-24(18-34)19-35-3)41-23-12-10-22(11-13-23)39-14-16-40-17-15-39/h4-7,10-13,18-20,34-35H,8-9,14-17H2,1-3H3,(H,36,37,38)/b24-19+,34-18?. The van der Waals surface area contributed by atoms with Gasteiger partial charge in [0, 0.05) is 43.8 Å². The van der Waals surface area contributed by atoms with Crippen LogP contribution >= 0.6 is 11.9 Å². The van der Waals surface area contributed by atoms with E-state index in [-0.39, 0.29) is 17.4 Å². The molecule has 0 radical (unpaired) electrons. The van der Waals surface area contributed by atoms with Crippen molar-refractivity contribution < 1.29 is 22.6 Å². The molecule has 3 N–H and O–H groups in total. The lowest BCUT2D eigenvalue weighted by molar-refractivity contribution is -0.138. The quantitative estimate of drug-likeness (QED) is 0.149. The van der Waals surface area contributed by atoms with Gasteiger partial charge in [0.15, 0.2) is 0 Å². The maximum Gasteiger partial charge on any atom is 0.423 e. The summed E-state index contributed by atoms with van der Waals surface area (Å²) in [5, 5.41) is 10.4. The van der Waals surface area contributed by atoms with Crippen LogP contribution in [0.4, 0.5) is 24.8 Å². The Labute approximate surface area is 248 Å². The maximum absolute atomic E-state index is 14.8. The Morgan fingerprint density at radius 2 is 1.83 bits per heavy atom. The minimum absolute atomic E-state index is 0.0783. The summed E-state index contributed by atoms with van der Waals surface area (Å²) in [5.41, 5.74) is 0.731. The molecule has 0 spiro atoms. The number of nitrogens with zero attached hydrogens (tertiary/aromatic N) is 3. The van der Waals surface area contributed by atoms with E-state index in [9.17, 15) is 13.2 Å².